The van der Waals surface area contributed by atoms with Crippen LogP contribution in [0.4, 0.5) is 11.4 Å². The maximum absolute atomic E-state index is 12.6. The van der Waals surface area contributed by atoms with Gasteiger partial charge in [0.05, 0.1) is 16.5 Å². The molecule has 0 bridgehead atoms. The predicted octanol–water partition coefficient (Wildman–Crippen LogP) is 3.33. The molecule has 2 aromatic carbocycles. The van der Waals surface area contributed by atoms with E-state index in [1.165, 1.54) is 17.7 Å². The summed E-state index contributed by atoms with van der Waals surface area (Å²) >= 11 is 0. The summed E-state index contributed by atoms with van der Waals surface area (Å²) in [5, 5.41) is 13.8. The van der Waals surface area contributed by atoms with Gasteiger partial charge in [-0.2, -0.15) is 0 Å². The fraction of sp³-hybridized carbons (Fsp3) is 0.333. The molecule has 0 aliphatic heterocycles. The molecule has 8 heteroatoms. The number of nitro benzene ring substituents is 1. The van der Waals surface area contributed by atoms with Gasteiger partial charge in [0.25, 0.3) is 11.6 Å². The molecule has 0 unspecified atom stereocenters. The van der Waals surface area contributed by atoms with Crippen LogP contribution in [0.3, 0.4) is 0 Å². The number of rotatable bonds is 6. The third-order valence-corrected chi connectivity index (χ3v) is 5.22. The van der Waals surface area contributed by atoms with E-state index >= 15 is 0 Å². The summed E-state index contributed by atoms with van der Waals surface area (Å²) < 4.78 is 5.12. The number of ether oxygens (including phenoxy) is 1. The van der Waals surface area contributed by atoms with Crippen LogP contribution in [-0.2, 0) is 16.0 Å². The number of nitro groups is 1. The minimum absolute atomic E-state index is 0.0224. The van der Waals surface area contributed by atoms with Gasteiger partial charge in [-0.1, -0.05) is 24.3 Å². The minimum atomic E-state index is -0.776. The average Bonchev–Trinajstić information content (AvgIpc) is 2.75. The molecule has 2 aromatic rings. The highest BCUT2D eigenvalue weighted by atomic mass is 16.6. The van der Waals surface area contributed by atoms with Crippen LogP contribution in [-0.4, -0.2) is 42.4 Å². The lowest BCUT2D eigenvalue weighted by Crippen LogP contribution is -2.36. The second-order valence-corrected chi connectivity index (χ2v) is 6.93. The first-order valence-corrected chi connectivity index (χ1v) is 9.39. The summed E-state index contributed by atoms with van der Waals surface area (Å²) in [5.74, 6) is -1.09. The van der Waals surface area contributed by atoms with Gasteiger partial charge < -0.3 is 15.0 Å². The maximum Gasteiger partial charge on any atom is 0.338 e. The minimum Gasteiger partial charge on any atom is -0.452 e. The Bertz CT molecular complexity index is 944. The largest absolute Gasteiger partial charge is 0.452 e. The molecule has 8 nitrogen and oxygen atoms in total. The zero-order chi connectivity index (χ0) is 21.0. The lowest BCUT2D eigenvalue weighted by molar-refractivity contribution is -0.384. The third kappa shape index (κ3) is 4.37. The van der Waals surface area contributed by atoms with E-state index in [0.717, 1.165) is 30.9 Å². The van der Waals surface area contributed by atoms with E-state index in [4.69, 9.17) is 4.74 Å². The summed E-state index contributed by atoms with van der Waals surface area (Å²) in [5.41, 5.74) is 2.44. The molecule has 0 heterocycles. The van der Waals surface area contributed by atoms with Gasteiger partial charge in [-0.15, -0.1) is 0 Å². The summed E-state index contributed by atoms with van der Waals surface area (Å²) in [6, 6.07) is 12.0. The Labute approximate surface area is 168 Å². The number of hydrogen-bond donors (Lipinski definition) is 1. The molecular formula is C21H23N3O5. The van der Waals surface area contributed by atoms with Crippen molar-refractivity contribution in [3.8, 4) is 0 Å². The van der Waals surface area contributed by atoms with E-state index in [-0.39, 0.29) is 23.2 Å². The number of hydrogen-bond acceptors (Lipinski definition) is 6. The first-order valence-electron chi connectivity index (χ1n) is 9.39. The van der Waals surface area contributed by atoms with Gasteiger partial charge >= 0.3 is 5.97 Å². The second kappa shape index (κ2) is 8.72. The Kier molecular flexibility index (Phi) is 6.11. The monoisotopic (exact) mass is 397 g/mol. The first kappa shape index (κ1) is 20.3. The number of carbonyl (C=O) groups is 2. The Hall–Kier alpha value is -3.42. The lowest BCUT2D eigenvalue weighted by Gasteiger charge is -2.33. The highest BCUT2D eigenvalue weighted by molar-refractivity contribution is 5.93. The number of fused-ring (bicyclic) bond motifs is 1. The van der Waals surface area contributed by atoms with Crippen LogP contribution in [0.2, 0.25) is 0 Å². The van der Waals surface area contributed by atoms with Gasteiger partial charge in [0.1, 0.15) is 5.69 Å². The van der Waals surface area contributed by atoms with E-state index < -0.39 is 17.5 Å². The first-order chi connectivity index (χ1) is 13.9. The molecular weight excluding hydrogens is 374 g/mol. The fourth-order valence-corrected chi connectivity index (χ4v) is 3.64. The average molecular weight is 397 g/mol. The van der Waals surface area contributed by atoms with Gasteiger partial charge in [0.2, 0.25) is 0 Å². The van der Waals surface area contributed by atoms with Crippen LogP contribution >= 0.6 is 0 Å². The molecule has 152 valence electrons. The Morgan fingerprint density at radius 3 is 2.76 bits per heavy atom. The van der Waals surface area contributed by atoms with Gasteiger partial charge in [0.15, 0.2) is 6.61 Å². The number of nitrogens with zero attached hydrogens (tertiary/aromatic N) is 2. The number of benzene rings is 2. The molecule has 0 radical (unpaired) electrons. The standard InChI is InChI=1S/C21H23N3O5/c1-22-17-11-10-15(12-19(17)24(27)28)21(26)29-13-20(25)23(2)18-9-5-7-14-6-3-4-8-16(14)18/h3-4,6,8,10-12,18,22H,5,7,9,13H2,1-2H3/t18-/m0/s1. The molecule has 3 rings (SSSR count). The summed E-state index contributed by atoms with van der Waals surface area (Å²) in [4.78, 5) is 37.0. The molecule has 0 saturated carbocycles. The Balaban J connectivity index is 1.66. The zero-order valence-electron chi connectivity index (χ0n) is 16.4. The molecule has 0 saturated heterocycles. The fourth-order valence-electron chi connectivity index (χ4n) is 3.64. The van der Waals surface area contributed by atoms with E-state index in [0.29, 0.717) is 5.69 Å². The van der Waals surface area contributed by atoms with Gasteiger partial charge in [-0.25, -0.2) is 4.79 Å². The molecule has 1 aliphatic rings. The summed E-state index contributed by atoms with van der Waals surface area (Å²) in [6.45, 7) is -0.421. The van der Waals surface area contributed by atoms with Gasteiger partial charge in [0, 0.05) is 20.2 Å². The molecule has 0 spiro atoms. The van der Waals surface area contributed by atoms with Crippen LogP contribution in [0.5, 0.6) is 0 Å². The Morgan fingerprint density at radius 1 is 1.28 bits per heavy atom. The quantitative estimate of drug-likeness (QED) is 0.456. The van der Waals surface area contributed by atoms with Crippen molar-refractivity contribution >= 4 is 23.3 Å². The lowest BCUT2D eigenvalue weighted by atomic mass is 9.87. The maximum atomic E-state index is 12.6. The highest BCUT2D eigenvalue weighted by Gasteiger charge is 2.27. The van der Waals surface area contributed by atoms with Crippen molar-refractivity contribution < 1.29 is 19.2 Å². The zero-order valence-corrected chi connectivity index (χ0v) is 16.4. The van der Waals surface area contributed by atoms with Crippen molar-refractivity contribution in [3.63, 3.8) is 0 Å². The number of anilines is 1. The van der Waals surface area contributed by atoms with E-state index in [1.807, 2.05) is 18.2 Å². The smallest absolute Gasteiger partial charge is 0.338 e. The molecule has 1 atom stereocenters. The topological polar surface area (TPSA) is 102 Å². The highest BCUT2D eigenvalue weighted by Crippen LogP contribution is 2.33. The number of nitrogens with one attached hydrogen (secondary N) is 1. The van der Waals surface area contributed by atoms with Crippen molar-refractivity contribution in [1.29, 1.82) is 0 Å². The van der Waals surface area contributed by atoms with Crippen LogP contribution in [0.25, 0.3) is 0 Å². The molecule has 29 heavy (non-hydrogen) atoms. The number of amides is 1. The Morgan fingerprint density at radius 2 is 2.03 bits per heavy atom. The molecule has 0 fully saturated rings. The number of esters is 1. The predicted molar refractivity (Wildman–Crippen MR) is 108 cm³/mol. The van der Waals surface area contributed by atoms with Crippen LogP contribution in [0.15, 0.2) is 42.5 Å². The molecule has 1 N–H and O–H groups in total. The van der Waals surface area contributed by atoms with Crippen molar-refractivity contribution in [2.45, 2.75) is 25.3 Å². The van der Waals surface area contributed by atoms with Crippen LogP contribution < -0.4 is 5.32 Å². The van der Waals surface area contributed by atoms with E-state index in [9.17, 15) is 19.7 Å². The second-order valence-electron chi connectivity index (χ2n) is 6.93. The molecule has 0 aromatic heterocycles. The van der Waals surface area contributed by atoms with E-state index in [1.54, 1.807) is 19.0 Å². The summed E-state index contributed by atoms with van der Waals surface area (Å²) in [6.07, 6.45) is 2.83. The summed E-state index contributed by atoms with van der Waals surface area (Å²) in [7, 11) is 3.26. The van der Waals surface area contributed by atoms with E-state index in [2.05, 4.69) is 11.4 Å². The van der Waals surface area contributed by atoms with Gasteiger partial charge in [-0.3, -0.25) is 14.9 Å². The normalized spacial score (nSPS) is 15.2. The van der Waals surface area contributed by atoms with Crippen molar-refractivity contribution in [2.75, 3.05) is 26.0 Å². The SMILES string of the molecule is CNc1ccc(C(=O)OCC(=O)N(C)[C@H]2CCCc3ccccc32)cc1[N+](=O)[O-]. The van der Waals surface area contributed by atoms with Crippen molar-refractivity contribution in [1.82, 2.24) is 4.90 Å². The van der Waals surface area contributed by atoms with Crippen molar-refractivity contribution in [2.24, 2.45) is 0 Å². The van der Waals surface area contributed by atoms with Crippen molar-refractivity contribution in [3.05, 3.63) is 69.3 Å². The van der Waals surface area contributed by atoms with Crippen LogP contribution in [0.1, 0.15) is 40.4 Å². The third-order valence-electron chi connectivity index (χ3n) is 5.22. The molecule has 1 aliphatic carbocycles. The number of likely N-dealkylation sites (N-methyl/N-ethyl adjacent to an activating group) is 1. The van der Waals surface area contributed by atoms with Crippen LogP contribution in [0, 0.1) is 10.1 Å². The number of aryl methyl sites for hydroxylation is 1. The molecule has 1 amide bonds. The number of carbonyl (C=O) groups excluding carboxylic acids is 2. The van der Waals surface area contributed by atoms with Gasteiger partial charge in [-0.05, 0) is 42.5 Å².